The molecule has 0 spiro atoms. The van der Waals surface area contributed by atoms with Crippen molar-refractivity contribution in [3.63, 3.8) is 0 Å². The zero-order valence-electron chi connectivity index (χ0n) is 10.1. The summed E-state index contributed by atoms with van der Waals surface area (Å²) in [7, 11) is 0. The Morgan fingerprint density at radius 3 is 3.00 bits per heavy atom. The van der Waals surface area contributed by atoms with E-state index >= 15 is 0 Å². The molecule has 0 bridgehead atoms. The van der Waals surface area contributed by atoms with Crippen molar-refractivity contribution in [2.24, 2.45) is 0 Å². The summed E-state index contributed by atoms with van der Waals surface area (Å²) < 4.78 is 6.33. The molecule has 1 saturated heterocycles. The molecule has 6 heteroatoms. The van der Waals surface area contributed by atoms with E-state index in [1.165, 1.54) is 11.8 Å². The zero-order chi connectivity index (χ0) is 12.8. The third-order valence-electron chi connectivity index (χ3n) is 2.88. The van der Waals surface area contributed by atoms with E-state index in [1.54, 1.807) is 11.3 Å². The van der Waals surface area contributed by atoms with Crippen LogP contribution >= 0.6 is 23.1 Å². The normalized spacial score (nSPS) is 18.5. The second-order valence-corrected chi connectivity index (χ2v) is 6.56. The molecular formula is C12H17NO3S2. The number of carbonyl (C=O) groups excluding carboxylic acids is 1. The van der Waals surface area contributed by atoms with Crippen molar-refractivity contribution in [2.45, 2.75) is 22.7 Å². The Hall–Kier alpha value is -0.560. The topological polar surface area (TPSA) is 58.6 Å². The quantitative estimate of drug-likeness (QED) is 0.806. The molecule has 0 aromatic carbocycles. The van der Waals surface area contributed by atoms with Crippen molar-refractivity contribution >= 4 is 29.0 Å². The first kappa shape index (κ1) is 13.9. The van der Waals surface area contributed by atoms with E-state index in [-0.39, 0.29) is 5.91 Å². The maximum absolute atomic E-state index is 11.7. The highest BCUT2D eigenvalue weighted by Crippen LogP contribution is 2.23. The maximum atomic E-state index is 11.7. The monoisotopic (exact) mass is 287 g/mol. The molecule has 1 aromatic heterocycles. The van der Waals surface area contributed by atoms with E-state index in [1.807, 2.05) is 17.5 Å². The minimum atomic E-state index is -0.790. The Kier molecular flexibility index (Phi) is 5.05. The highest BCUT2D eigenvalue weighted by Gasteiger charge is 2.29. The van der Waals surface area contributed by atoms with Gasteiger partial charge in [-0.15, -0.1) is 23.1 Å². The number of thiophene rings is 1. The van der Waals surface area contributed by atoms with E-state index < -0.39 is 5.60 Å². The molecule has 2 N–H and O–H groups in total. The maximum Gasteiger partial charge on any atom is 0.230 e. The van der Waals surface area contributed by atoms with E-state index in [0.717, 1.165) is 4.21 Å². The van der Waals surface area contributed by atoms with Crippen molar-refractivity contribution < 1.29 is 14.6 Å². The van der Waals surface area contributed by atoms with Gasteiger partial charge in [-0.3, -0.25) is 4.79 Å². The molecule has 1 aromatic rings. The van der Waals surface area contributed by atoms with Crippen molar-refractivity contribution in [3.8, 4) is 0 Å². The van der Waals surface area contributed by atoms with Gasteiger partial charge in [-0.2, -0.15) is 0 Å². The summed E-state index contributed by atoms with van der Waals surface area (Å²) >= 11 is 3.15. The van der Waals surface area contributed by atoms with E-state index in [0.29, 0.717) is 38.4 Å². The molecule has 0 saturated carbocycles. The van der Waals surface area contributed by atoms with Gasteiger partial charge in [0, 0.05) is 32.6 Å². The van der Waals surface area contributed by atoms with Crippen molar-refractivity contribution in [3.05, 3.63) is 17.5 Å². The van der Waals surface area contributed by atoms with Gasteiger partial charge in [0.05, 0.1) is 15.6 Å². The summed E-state index contributed by atoms with van der Waals surface area (Å²) in [6, 6.07) is 3.96. The van der Waals surface area contributed by atoms with Crippen LogP contribution in [0.15, 0.2) is 21.7 Å². The van der Waals surface area contributed by atoms with Gasteiger partial charge >= 0.3 is 0 Å². The lowest BCUT2D eigenvalue weighted by atomic mass is 9.94. The highest BCUT2D eigenvalue weighted by atomic mass is 32.2. The van der Waals surface area contributed by atoms with Crippen molar-refractivity contribution in [1.29, 1.82) is 0 Å². The van der Waals surface area contributed by atoms with Crippen LogP contribution in [0.25, 0.3) is 0 Å². The van der Waals surface area contributed by atoms with Crippen molar-refractivity contribution in [1.82, 2.24) is 5.32 Å². The lowest BCUT2D eigenvalue weighted by Crippen LogP contribution is -2.47. The molecule has 2 rings (SSSR count). The fourth-order valence-corrected chi connectivity index (χ4v) is 3.34. The van der Waals surface area contributed by atoms with Crippen LogP contribution < -0.4 is 5.32 Å². The first-order chi connectivity index (χ1) is 8.68. The number of rotatable bonds is 5. The number of aliphatic hydroxyl groups is 1. The smallest absolute Gasteiger partial charge is 0.230 e. The molecule has 1 amide bonds. The number of thioether (sulfide) groups is 1. The van der Waals surface area contributed by atoms with Gasteiger partial charge in [0.2, 0.25) is 5.91 Å². The van der Waals surface area contributed by atoms with Crippen LogP contribution in [0, 0.1) is 0 Å². The van der Waals surface area contributed by atoms with Crippen LogP contribution in [0.3, 0.4) is 0 Å². The Bertz CT molecular complexity index is 375. The van der Waals surface area contributed by atoms with Gasteiger partial charge in [-0.25, -0.2) is 0 Å². The molecule has 0 radical (unpaired) electrons. The second-order valence-electron chi connectivity index (χ2n) is 4.33. The summed E-state index contributed by atoms with van der Waals surface area (Å²) in [5, 5.41) is 15.0. The van der Waals surface area contributed by atoms with Crippen LogP contribution in [-0.2, 0) is 9.53 Å². The fourth-order valence-electron chi connectivity index (χ4n) is 1.72. The molecule has 1 fully saturated rings. The number of amides is 1. The molecule has 0 unspecified atom stereocenters. The Labute approximate surface area is 115 Å². The molecule has 1 aliphatic heterocycles. The third kappa shape index (κ3) is 4.28. The number of hydrogen-bond donors (Lipinski definition) is 2. The van der Waals surface area contributed by atoms with Crippen LogP contribution in [0.4, 0.5) is 0 Å². The molecule has 0 aliphatic carbocycles. The van der Waals surface area contributed by atoms with Gasteiger partial charge in [-0.05, 0) is 11.4 Å². The summed E-state index contributed by atoms with van der Waals surface area (Å²) in [6.45, 7) is 1.45. The number of nitrogens with one attached hydrogen (secondary N) is 1. The fraction of sp³-hybridized carbons (Fsp3) is 0.583. The molecule has 2 heterocycles. The SMILES string of the molecule is O=C(CSc1cccs1)NCC1(O)CCOCC1. The van der Waals surface area contributed by atoms with Gasteiger partial charge in [-0.1, -0.05) is 6.07 Å². The minimum Gasteiger partial charge on any atom is -0.388 e. The standard InChI is InChI=1S/C12H17NO3S2/c14-10(8-18-11-2-1-7-17-11)13-9-12(15)3-5-16-6-4-12/h1-2,7,15H,3-6,8-9H2,(H,13,14). The average Bonchev–Trinajstić information content (AvgIpc) is 2.88. The third-order valence-corrected chi connectivity index (χ3v) is 5.01. The lowest BCUT2D eigenvalue weighted by Gasteiger charge is -2.32. The van der Waals surface area contributed by atoms with E-state index in [9.17, 15) is 9.90 Å². The van der Waals surface area contributed by atoms with Crippen LogP contribution in [0.1, 0.15) is 12.8 Å². The Morgan fingerprint density at radius 1 is 1.56 bits per heavy atom. The number of carbonyl (C=O) groups is 1. The number of ether oxygens (including phenoxy) is 1. The summed E-state index contributed by atoms with van der Waals surface area (Å²) in [6.07, 6.45) is 1.18. The first-order valence-electron chi connectivity index (χ1n) is 5.91. The summed E-state index contributed by atoms with van der Waals surface area (Å²) in [4.78, 5) is 11.7. The Balaban J connectivity index is 1.68. The molecule has 100 valence electrons. The molecule has 0 atom stereocenters. The van der Waals surface area contributed by atoms with Crippen molar-refractivity contribution in [2.75, 3.05) is 25.5 Å². The van der Waals surface area contributed by atoms with Crippen LogP contribution in [-0.4, -0.2) is 42.1 Å². The average molecular weight is 287 g/mol. The van der Waals surface area contributed by atoms with E-state index in [4.69, 9.17) is 4.74 Å². The first-order valence-corrected chi connectivity index (χ1v) is 7.78. The number of hydrogen-bond acceptors (Lipinski definition) is 5. The van der Waals surface area contributed by atoms with Gasteiger partial charge in [0.25, 0.3) is 0 Å². The van der Waals surface area contributed by atoms with Crippen LogP contribution in [0.5, 0.6) is 0 Å². The highest BCUT2D eigenvalue weighted by molar-refractivity contribution is 8.01. The summed E-state index contributed by atoms with van der Waals surface area (Å²) in [5.41, 5.74) is -0.790. The van der Waals surface area contributed by atoms with Crippen LogP contribution in [0.2, 0.25) is 0 Å². The molecule has 18 heavy (non-hydrogen) atoms. The molecule has 1 aliphatic rings. The molecule has 4 nitrogen and oxygen atoms in total. The zero-order valence-corrected chi connectivity index (χ0v) is 11.7. The van der Waals surface area contributed by atoms with E-state index in [2.05, 4.69) is 5.32 Å². The summed E-state index contributed by atoms with van der Waals surface area (Å²) in [5.74, 6) is 0.362. The predicted octanol–water partition coefficient (Wildman–Crippen LogP) is 1.50. The lowest BCUT2D eigenvalue weighted by molar-refractivity contribution is -0.121. The van der Waals surface area contributed by atoms with Gasteiger partial charge < -0.3 is 15.2 Å². The Morgan fingerprint density at radius 2 is 2.33 bits per heavy atom. The minimum absolute atomic E-state index is 0.0340. The molecular weight excluding hydrogens is 270 g/mol. The van der Waals surface area contributed by atoms with Gasteiger partial charge in [0.15, 0.2) is 0 Å². The largest absolute Gasteiger partial charge is 0.388 e. The van der Waals surface area contributed by atoms with Gasteiger partial charge in [0.1, 0.15) is 0 Å². The second kappa shape index (κ2) is 6.56. The predicted molar refractivity (Wildman–Crippen MR) is 73.1 cm³/mol.